The van der Waals surface area contributed by atoms with Crippen LogP contribution >= 0.6 is 0 Å². The van der Waals surface area contributed by atoms with E-state index in [2.05, 4.69) is 13.0 Å². The van der Waals surface area contributed by atoms with Gasteiger partial charge in [-0.3, -0.25) is 4.79 Å². The number of carbonyl (C=O) groups is 1. The van der Waals surface area contributed by atoms with Crippen LogP contribution in [0, 0.1) is 0 Å². The molecule has 6 heteroatoms. The summed E-state index contributed by atoms with van der Waals surface area (Å²) >= 11 is 0. The molecule has 0 aliphatic carbocycles. The van der Waals surface area contributed by atoms with Gasteiger partial charge in [-0.25, -0.2) is 0 Å². The smallest absolute Gasteiger partial charge is 0.303 e. The SMILES string of the molecule is CCCCCCCCCCCCC/C=C/[C@@H](OCOC)[C@H](COCOC)OC(C)=O. The molecule has 0 aromatic heterocycles. The highest BCUT2D eigenvalue weighted by Crippen LogP contribution is 2.13. The van der Waals surface area contributed by atoms with E-state index in [1.54, 1.807) is 14.2 Å². The van der Waals surface area contributed by atoms with E-state index in [9.17, 15) is 4.79 Å². The van der Waals surface area contributed by atoms with Crippen LogP contribution in [-0.4, -0.2) is 52.6 Å². The molecule has 0 bridgehead atoms. The molecule has 0 rings (SSSR count). The van der Waals surface area contributed by atoms with Crippen molar-refractivity contribution in [3.05, 3.63) is 12.2 Å². The van der Waals surface area contributed by atoms with Crippen LogP contribution in [0.25, 0.3) is 0 Å². The maximum atomic E-state index is 11.4. The lowest BCUT2D eigenvalue weighted by molar-refractivity contribution is -0.169. The van der Waals surface area contributed by atoms with Crippen LogP contribution < -0.4 is 0 Å². The van der Waals surface area contributed by atoms with Gasteiger partial charge in [-0.1, -0.05) is 83.3 Å². The molecule has 0 saturated heterocycles. The van der Waals surface area contributed by atoms with Gasteiger partial charge in [0, 0.05) is 21.1 Å². The number of methoxy groups -OCH3 is 2. The fourth-order valence-corrected chi connectivity index (χ4v) is 3.25. The maximum Gasteiger partial charge on any atom is 0.303 e. The van der Waals surface area contributed by atoms with Crippen molar-refractivity contribution in [2.75, 3.05) is 34.4 Å². The average Bonchev–Trinajstić information content (AvgIpc) is 2.72. The minimum atomic E-state index is -0.540. The van der Waals surface area contributed by atoms with E-state index in [4.69, 9.17) is 23.7 Å². The molecular formula is C24H46O6. The Hall–Kier alpha value is -0.950. The minimum Gasteiger partial charge on any atom is -0.457 e. The topological polar surface area (TPSA) is 63.2 Å². The molecule has 0 aromatic rings. The Bertz CT molecular complexity index is 399. The molecule has 0 heterocycles. The molecule has 0 radical (unpaired) electrons. The standard InChI is InChI=1S/C24H46O6/c1-5-6-7-8-9-10-11-12-13-14-15-16-17-18-23(29-21-27-4)24(30-22(2)25)19-28-20-26-3/h17-18,23-24H,5-16,19-21H2,1-4H3/b18-17+/t23-,24+/m1/s1. The van der Waals surface area contributed by atoms with Gasteiger partial charge >= 0.3 is 5.97 Å². The summed E-state index contributed by atoms with van der Waals surface area (Å²) in [7, 11) is 3.11. The van der Waals surface area contributed by atoms with Crippen LogP contribution in [-0.2, 0) is 28.5 Å². The van der Waals surface area contributed by atoms with Crippen molar-refractivity contribution in [3.63, 3.8) is 0 Å². The fourth-order valence-electron chi connectivity index (χ4n) is 3.25. The number of carbonyl (C=O) groups excluding carboxylic acids is 1. The molecule has 0 saturated carbocycles. The second-order valence-electron chi connectivity index (χ2n) is 7.72. The van der Waals surface area contributed by atoms with E-state index in [-0.39, 0.29) is 26.2 Å². The second-order valence-corrected chi connectivity index (χ2v) is 7.72. The van der Waals surface area contributed by atoms with Crippen molar-refractivity contribution < 1.29 is 28.5 Å². The quantitative estimate of drug-likeness (QED) is 0.0938. The van der Waals surface area contributed by atoms with Crippen molar-refractivity contribution in [1.29, 1.82) is 0 Å². The van der Waals surface area contributed by atoms with Crippen LogP contribution in [0.5, 0.6) is 0 Å². The zero-order valence-electron chi connectivity index (χ0n) is 19.9. The number of ether oxygens (including phenoxy) is 5. The van der Waals surface area contributed by atoms with Crippen LogP contribution in [0.4, 0.5) is 0 Å². The molecule has 0 N–H and O–H groups in total. The van der Waals surface area contributed by atoms with E-state index >= 15 is 0 Å². The van der Waals surface area contributed by atoms with Crippen LogP contribution in [0.15, 0.2) is 12.2 Å². The Kier molecular flexibility index (Phi) is 22.0. The average molecular weight is 431 g/mol. The Morgan fingerprint density at radius 1 is 0.833 bits per heavy atom. The predicted octanol–water partition coefficient (Wildman–Crippen LogP) is 5.79. The van der Waals surface area contributed by atoms with Gasteiger partial charge in [0.05, 0.1) is 6.61 Å². The van der Waals surface area contributed by atoms with E-state index in [0.717, 1.165) is 12.8 Å². The van der Waals surface area contributed by atoms with Gasteiger partial charge in [0.2, 0.25) is 0 Å². The van der Waals surface area contributed by atoms with Crippen LogP contribution in [0.2, 0.25) is 0 Å². The van der Waals surface area contributed by atoms with Gasteiger partial charge in [-0.15, -0.1) is 0 Å². The largest absolute Gasteiger partial charge is 0.457 e. The van der Waals surface area contributed by atoms with E-state index < -0.39 is 12.2 Å². The lowest BCUT2D eigenvalue weighted by Gasteiger charge is -2.24. The molecule has 2 atom stereocenters. The third kappa shape index (κ3) is 19.0. The number of unbranched alkanes of at least 4 members (excludes halogenated alkanes) is 11. The number of rotatable bonds is 22. The van der Waals surface area contributed by atoms with Crippen molar-refractivity contribution in [1.82, 2.24) is 0 Å². The molecule has 0 amide bonds. The minimum absolute atomic E-state index is 0.121. The highest BCUT2D eigenvalue weighted by Gasteiger charge is 2.23. The van der Waals surface area contributed by atoms with Crippen molar-refractivity contribution in [3.8, 4) is 0 Å². The Morgan fingerprint density at radius 3 is 1.93 bits per heavy atom. The molecule has 0 fully saturated rings. The summed E-state index contributed by atoms with van der Waals surface area (Å²) in [5, 5.41) is 0. The van der Waals surface area contributed by atoms with Gasteiger partial charge < -0.3 is 23.7 Å². The first-order valence-corrected chi connectivity index (χ1v) is 11.7. The Morgan fingerprint density at radius 2 is 1.40 bits per heavy atom. The maximum absolute atomic E-state index is 11.4. The van der Waals surface area contributed by atoms with Crippen molar-refractivity contribution in [2.45, 2.75) is 103 Å². The number of hydrogen-bond donors (Lipinski definition) is 0. The summed E-state index contributed by atoms with van der Waals surface area (Å²) in [5.41, 5.74) is 0. The highest BCUT2D eigenvalue weighted by atomic mass is 16.7. The van der Waals surface area contributed by atoms with Gasteiger partial charge in [0.25, 0.3) is 0 Å². The molecule has 0 aliphatic rings. The number of allylic oxidation sites excluding steroid dienone is 1. The second kappa shape index (κ2) is 22.7. The Balaban J connectivity index is 4.09. The summed E-state index contributed by atoms with van der Waals surface area (Å²) in [6.07, 6.45) is 18.7. The van der Waals surface area contributed by atoms with Crippen LogP contribution in [0.1, 0.15) is 90.9 Å². The lowest BCUT2D eigenvalue weighted by Crippen LogP contribution is -2.36. The van der Waals surface area contributed by atoms with Gasteiger partial charge in [0.1, 0.15) is 19.7 Å². The molecule has 0 unspecified atom stereocenters. The van der Waals surface area contributed by atoms with E-state index in [0.29, 0.717) is 0 Å². The highest BCUT2D eigenvalue weighted by molar-refractivity contribution is 5.66. The summed E-state index contributed by atoms with van der Waals surface area (Å²) in [5.74, 6) is -0.370. The van der Waals surface area contributed by atoms with E-state index in [1.807, 2.05) is 6.08 Å². The Labute approximate surface area is 184 Å². The third-order valence-corrected chi connectivity index (χ3v) is 4.85. The third-order valence-electron chi connectivity index (χ3n) is 4.85. The molecule has 0 aliphatic heterocycles. The summed E-state index contributed by atoms with van der Waals surface area (Å²) in [6, 6.07) is 0. The first-order valence-electron chi connectivity index (χ1n) is 11.7. The molecule has 6 nitrogen and oxygen atoms in total. The molecule has 178 valence electrons. The number of hydrogen-bond acceptors (Lipinski definition) is 6. The van der Waals surface area contributed by atoms with Gasteiger partial charge in [0.15, 0.2) is 6.10 Å². The summed E-state index contributed by atoms with van der Waals surface area (Å²) < 4.78 is 26.3. The van der Waals surface area contributed by atoms with Crippen molar-refractivity contribution >= 4 is 5.97 Å². The monoisotopic (exact) mass is 430 g/mol. The van der Waals surface area contributed by atoms with Crippen LogP contribution in [0.3, 0.4) is 0 Å². The summed E-state index contributed by atoms with van der Waals surface area (Å²) in [4.78, 5) is 11.4. The van der Waals surface area contributed by atoms with E-state index in [1.165, 1.54) is 71.1 Å². The van der Waals surface area contributed by atoms with Gasteiger partial charge in [-0.05, 0) is 12.8 Å². The zero-order valence-corrected chi connectivity index (χ0v) is 19.9. The van der Waals surface area contributed by atoms with Crippen molar-refractivity contribution in [2.24, 2.45) is 0 Å². The fraction of sp³-hybridized carbons (Fsp3) is 0.875. The first kappa shape index (κ1) is 29.1. The lowest BCUT2D eigenvalue weighted by atomic mass is 10.0. The molecule has 30 heavy (non-hydrogen) atoms. The normalized spacial score (nSPS) is 13.6. The molecule has 0 spiro atoms. The summed E-state index contributed by atoms with van der Waals surface area (Å²) in [6.45, 7) is 4.10. The first-order chi connectivity index (χ1) is 14.7. The van der Waals surface area contributed by atoms with Gasteiger partial charge in [-0.2, -0.15) is 0 Å². The molecular weight excluding hydrogens is 384 g/mol. The molecule has 0 aromatic carbocycles. The number of esters is 1. The zero-order chi connectivity index (χ0) is 22.3. The predicted molar refractivity (Wildman–Crippen MR) is 120 cm³/mol.